The lowest BCUT2D eigenvalue weighted by Gasteiger charge is -2.19. The van der Waals surface area contributed by atoms with Gasteiger partial charge in [0.2, 0.25) is 0 Å². The molecule has 0 saturated heterocycles. The Kier molecular flexibility index (Phi) is 3.48. The van der Waals surface area contributed by atoms with Crippen molar-refractivity contribution in [1.82, 2.24) is 15.6 Å². The van der Waals surface area contributed by atoms with E-state index in [1.54, 1.807) is 11.3 Å². The second-order valence-corrected chi connectivity index (χ2v) is 6.78. The summed E-state index contributed by atoms with van der Waals surface area (Å²) >= 11 is 1.65. The van der Waals surface area contributed by atoms with Crippen LogP contribution in [0.3, 0.4) is 0 Å². The molecular weight excluding hydrogens is 258 g/mol. The van der Waals surface area contributed by atoms with Crippen LogP contribution in [0.15, 0.2) is 5.38 Å². The van der Waals surface area contributed by atoms with Crippen LogP contribution in [0.4, 0.5) is 4.79 Å². The number of nitrogens with one attached hydrogen (secondary N) is 2. The van der Waals surface area contributed by atoms with E-state index in [-0.39, 0.29) is 18.1 Å². The molecule has 2 atom stereocenters. The Morgan fingerprint density at radius 1 is 1.32 bits per heavy atom. The SMILES string of the molecule is Cc1csc([C@H](NC(=O)N[C@@H](C)C2CC2)C2CC2)n1. The van der Waals surface area contributed by atoms with E-state index >= 15 is 0 Å². The van der Waals surface area contributed by atoms with Gasteiger partial charge in [-0.2, -0.15) is 0 Å². The van der Waals surface area contributed by atoms with Gasteiger partial charge in [-0.15, -0.1) is 11.3 Å². The van der Waals surface area contributed by atoms with Gasteiger partial charge in [-0.1, -0.05) is 0 Å². The zero-order valence-corrected chi connectivity index (χ0v) is 12.3. The molecule has 1 aromatic rings. The minimum Gasteiger partial charge on any atom is -0.335 e. The van der Waals surface area contributed by atoms with Crippen LogP contribution in [0, 0.1) is 18.8 Å². The molecular formula is C14H21N3OS. The normalized spacial score (nSPS) is 21.8. The maximum Gasteiger partial charge on any atom is 0.315 e. The fourth-order valence-electron chi connectivity index (χ4n) is 2.43. The molecule has 4 nitrogen and oxygen atoms in total. The van der Waals surface area contributed by atoms with E-state index in [2.05, 4.69) is 27.9 Å². The van der Waals surface area contributed by atoms with Crippen molar-refractivity contribution in [3.8, 4) is 0 Å². The summed E-state index contributed by atoms with van der Waals surface area (Å²) in [7, 11) is 0. The minimum atomic E-state index is -0.0378. The van der Waals surface area contributed by atoms with Gasteiger partial charge >= 0.3 is 6.03 Å². The molecule has 2 aliphatic rings. The van der Waals surface area contributed by atoms with Crippen molar-refractivity contribution in [2.45, 2.75) is 51.6 Å². The molecule has 3 rings (SSSR count). The predicted molar refractivity (Wildman–Crippen MR) is 76.2 cm³/mol. The Labute approximate surface area is 118 Å². The average Bonchev–Trinajstić information content (AvgIpc) is 3.25. The van der Waals surface area contributed by atoms with Gasteiger partial charge in [-0.3, -0.25) is 0 Å². The summed E-state index contributed by atoms with van der Waals surface area (Å²) in [6.07, 6.45) is 4.89. The third-order valence-corrected chi connectivity index (χ3v) is 5.02. The van der Waals surface area contributed by atoms with Crippen molar-refractivity contribution in [3.05, 3.63) is 16.1 Å². The average molecular weight is 279 g/mol. The first-order chi connectivity index (χ1) is 9.13. The Morgan fingerprint density at radius 2 is 2.00 bits per heavy atom. The lowest BCUT2D eigenvalue weighted by molar-refractivity contribution is 0.231. The largest absolute Gasteiger partial charge is 0.335 e. The molecule has 0 aliphatic heterocycles. The quantitative estimate of drug-likeness (QED) is 0.870. The van der Waals surface area contributed by atoms with Gasteiger partial charge in [0.25, 0.3) is 0 Å². The van der Waals surface area contributed by atoms with Gasteiger partial charge in [0.05, 0.1) is 6.04 Å². The number of carbonyl (C=O) groups excluding carboxylic acids is 1. The number of hydrogen-bond donors (Lipinski definition) is 2. The first-order valence-electron chi connectivity index (χ1n) is 7.12. The number of urea groups is 1. The third kappa shape index (κ3) is 3.26. The Morgan fingerprint density at radius 3 is 2.53 bits per heavy atom. The smallest absolute Gasteiger partial charge is 0.315 e. The first kappa shape index (κ1) is 12.9. The molecule has 0 unspecified atom stereocenters. The maximum absolute atomic E-state index is 12.1. The molecule has 19 heavy (non-hydrogen) atoms. The van der Waals surface area contributed by atoms with E-state index < -0.39 is 0 Å². The van der Waals surface area contributed by atoms with Crippen LogP contribution in [-0.4, -0.2) is 17.1 Å². The summed E-state index contributed by atoms with van der Waals surface area (Å²) in [4.78, 5) is 16.6. The lowest BCUT2D eigenvalue weighted by atomic mass is 10.2. The van der Waals surface area contributed by atoms with Crippen LogP contribution >= 0.6 is 11.3 Å². The van der Waals surface area contributed by atoms with E-state index in [1.165, 1.54) is 25.7 Å². The van der Waals surface area contributed by atoms with E-state index in [9.17, 15) is 4.79 Å². The zero-order chi connectivity index (χ0) is 13.4. The summed E-state index contributed by atoms with van der Waals surface area (Å²) < 4.78 is 0. The fourth-order valence-corrected chi connectivity index (χ4v) is 3.37. The van der Waals surface area contributed by atoms with Crippen LogP contribution in [0.1, 0.15) is 49.4 Å². The number of nitrogens with zero attached hydrogens (tertiary/aromatic N) is 1. The van der Waals surface area contributed by atoms with Crippen molar-refractivity contribution >= 4 is 17.4 Å². The summed E-state index contributed by atoms with van der Waals surface area (Å²) in [6, 6.07) is 0.354. The van der Waals surface area contributed by atoms with E-state index in [0.29, 0.717) is 11.8 Å². The lowest BCUT2D eigenvalue weighted by Crippen LogP contribution is -2.43. The molecule has 2 N–H and O–H groups in total. The van der Waals surface area contributed by atoms with E-state index in [4.69, 9.17) is 0 Å². The molecule has 0 aromatic carbocycles. The maximum atomic E-state index is 12.1. The summed E-state index contributed by atoms with van der Waals surface area (Å²) in [6.45, 7) is 4.09. The van der Waals surface area contributed by atoms with Gasteiger partial charge < -0.3 is 10.6 Å². The topological polar surface area (TPSA) is 54.0 Å². The fraction of sp³-hybridized carbons (Fsp3) is 0.714. The van der Waals surface area contributed by atoms with Gasteiger partial charge in [0.15, 0.2) is 0 Å². The van der Waals surface area contributed by atoms with Gasteiger partial charge in [-0.25, -0.2) is 9.78 Å². The molecule has 0 bridgehead atoms. The number of carbonyl (C=O) groups is 1. The molecule has 0 spiro atoms. The Hall–Kier alpha value is -1.10. The van der Waals surface area contributed by atoms with Crippen LogP contribution in [0.25, 0.3) is 0 Å². The van der Waals surface area contributed by atoms with Crippen LogP contribution in [0.5, 0.6) is 0 Å². The molecule has 2 amide bonds. The van der Waals surface area contributed by atoms with Crippen LogP contribution < -0.4 is 10.6 Å². The molecule has 1 aromatic heterocycles. The minimum absolute atomic E-state index is 0.0378. The first-order valence-corrected chi connectivity index (χ1v) is 8.00. The molecule has 2 aliphatic carbocycles. The van der Waals surface area contributed by atoms with Crippen LogP contribution in [-0.2, 0) is 0 Å². The van der Waals surface area contributed by atoms with E-state index in [0.717, 1.165) is 10.7 Å². The zero-order valence-electron chi connectivity index (χ0n) is 11.5. The highest BCUT2D eigenvalue weighted by molar-refractivity contribution is 7.09. The van der Waals surface area contributed by atoms with Gasteiger partial charge in [0.1, 0.15) is 5.01 Å². The highest BCUT2D eigenvalue weighted by atomic mass is 32.1. The molecule has 0 radical (unpaired) electrons. The van der Waals surface area contributed by atoms with Crippen molar-refractivity contribution < 1.29 is 4.79 Å². The van der Waals surface area contributed by atoms with Crippen LogP contribution in [0.2, 0.25) is 0 Å². The summed E-state index contributed by atoms with van der Waals surface area (Å²) in [5.74, 6) is 1.26. The summed E-state index contributed by atoms with van der Waals surface area (Å²) in [5, 5.41) is 9.28. The number of hydrogen-bond acceptors (Lipinski definition) is 3. The number of amides is 2. The second kappa shape index (κ2) is 5.12. The molecule has 2 fully saturated rings. The van der Waals surface area contributed by atoms with Crippen molar-refractivity contribution in [2.75, 3.05) is 0 Å². The molecule has 1 heterocycles. The van der Waals surface area contributed by atoms with Crippen molar-refractivity contribution in [3.63, 3.8) is 0 Å². The molecule has 2 saturated carbocycles. The highest BCUT2D eigenvalue weighted by Crippen LogP contribution is 2.41. The monoisotopic (exact) mass is 279 g/mol. The molecule has 104 valence electrons. The Bertz CT molecular complexity index is 465. The number of thiazole rings is 1. The van der Waals surface area contributed by atoms with Crippen molar-refractivity contribution in [1.29, 1.82) is 0 Å². The van der Waals surface area contributed by atoms with Crippen molar-refractivity contribution in [2.24, 2.45) is 11.8 Å². The second-order valence-electron chi connectivity index (χ2n) is 5.89. The van der Waals surface area contributed by atoms with Gasteiger partial charge in [-0.05, 0) is 51.4 Å². The van der Waals surface area contributed by atoms with E-state index in [1.807, 2.05) is 6.92 Å². The highest BCUT2D eigenvalue weighted by Gasteiger charge is 2.36. The van der Waals surface area contributed by atoms with Gasteiger partial charge in [0, 0.05) is 17.1 Å². The summed E-state index contributed by atoms with van der Waals surface area (Å²) in [5.41, 5.74) is 1.04. The number of aromatic nitrogens is 1. The Balaban J connectivity index is 1.59. The predicted octanol–water partition coefficient (Wildman–Crippen LogP) is 3.00. The number of aryl methyl sites for hydroxylation is 1. The third-order valence-electron chi connectivity index (χ3n) is 3.97. The standard InChI is InChI=1S/C14H21N3OS/c1-8-7-19-13(15-8)12(11-5-6-11)17-14(18)16-9(2)10-3-4-10/h7,9-12H,3-6H2,1-2H3,(H2,16,17,18)/t9-,12+/m0/s1. The number of rotatable bonds is 5. The molecule has 5 heteroatoms.